The standard InChI is InChI=1S/C10H14N4O5S/c11-9-12-6-5(7(17)13-9)20-10(18)14(6)8-4(16)1-3(2-15)19-8/h3-6,8,15-16H,1-2H2,(H3,11,12,13,17)/t3-,4+,5?,6?,8?/m0/s1. The lowest BCUT2D eigenvalue weighted by molar-refractivity contribution is -0.122. The highest BCUT2D eigenvalue weighted by Crippen LogP contribution is 2.38. The van der Waals surface area contributed by atoms with E-state index in [1.165, 1.54) is 4.90 Å². The first-order valence-electron chi connectivity index (χ1n) is 6.08. The number of ether oxygens (including phenoxy) is 1. The van der Waals surface area contributed by atoms with Crippen LogP contribution in [0.5, 0.6) is 0 Å². The van der Waals surface area contributed by atoms with Crippen molar-refractivity contribution in [3.05, 3.63) is 0 Å². The number of nitrogens with one attached hydrogen (secondary N) is 1. The molecule has 3 heterocycles. The molecule has 0 aliphatic carbocycles. The molecule has 0 bridgehead atoms. The van der Waals surface area contributed by atoms with Gasteiger partial charge in [0.15, 0.2) is 18.4 Å². The number of nitrogens with zero attached hydrogens (tertiary/aromatic N) is 2. The number of rotatable bonds is 2. The summed E-state index contributed by atoms with van der Waals surface area (Å²) in [7, 11) is 0. The summed E-state index contributed by atoms with van der Waals surface area (Å²) in [5, 5.41) is 20.3. The predicted molar refractivity (Wildman–Crippen MR) is 68.5 cm³/mol. The Hall–Kier alpha value is -1.36. The number of fused-ring (bicyclic) bond motifs is 1. The number of aliphatic imine (C=N–C) groups is 1. The number of aliphatic hydroxyl groups is 2. The predicted octanol–water partition coefficient (Wildman–Crippen LogP) is -2.24. The van der Waals surface area contributed by atoms with Gasteiger partial charge < -0.3 is 20.7 Å². The van der Waals surface area contributed by atoms with Crippen LogP contribution in [0, 0.1) is 0 Å². The van der Waals surface area contributed by atoms with Crippen LogP contribution in [0.2, 0.25) is 0 Å². The molecule has 0 spiro atoms. The van der Waals surface area contributed by atoms with Crippen molar-refractivity contribution in [3.8, 4) is 0 Å². The molecule has 5 atom stereocenters. The molecule has 20 heavy (non-hydrogen) atoms. The lowest BCUT2D eigenvalue weighted by Crippen LogP contribution is -2.56. The minimum absolute atomic E-state index is 0.0669. The lowest BCUT2D eigenvalue weighted by atomic mass is 10.1. The molecule has 0 aromatic carbocycles. The van der Waals surface area contributed by atoms with Gasteiger partial charge in [0.05, 0.1) is 12.7 Å². The minimum Gasteiger partial charge on any atom is -0.394 e. The molecule has 9 nitrogen and oxygen atoms in total. The van der Waals surface area contributed by atoms with Gasteiger partial charge >= 0.3 is 0 Å². The Morgan fingerprint density at radius 1 is 1.55 bits per heavy atom. The summed E-state index contributed by atoms with van der Waals surface area (Å²) < 4.78 is 5.45. The monoisotopic (exact) mass is 302 g/mol. The van der Waals surface area contributed by atoms with Gasteiger partial charge in [0.2, 0.25) is 5.91 Å². The number of hydrogen-bond donors (Lipinski definition) is 4. The summed E-state index contributed by atoms with van der Waals surface area (Å²) in [6.07, 6.45) is -2.97. The number of aliphatic hydroxyl groups excluding tert-OH is 2. The maximum atomic E-state index is 12.1. The van der Waals surface area contributed by atoms with Gasteiger partial charge in [-0.3, -0.25) is 19.8 Å². The Morgan fingerprint density at radius 3 is 2.95 bits per heavy atom. The first-order valence-corrected chi connectivity index (χ1v) is 6.96. The molecule has 2 fully saturated rings. The van der Waals surface area contributed by atoms with Gasteiger partial charge in [0.25, 0.3) is 5.24 Å². The summed E-state index contributed by atoms with van der Waals surface area (Å²) >= 11 is 0.824. The van der Waals surface area contributed by atoms with Crippen LogP contribution in [0.1, 0.15) is 6.42 Å². The van der Waals surface area contributed by atoms with E-state index >= 15 is 0 Å². The Bertz CT molecular complexity index is 486. The second-order valence-electron chi connectivity index (χ2n) is 4.76. The topological polar surface area (TPSA) is 137 Å². The molecule has 0 aromatic rings. The van der Waals surface area contributed by atoms with Crippen molar-refractivity contribution < 1.29 is 24.5 Å². The van der Waals surface area contributed by atoms with E-state index in [0.717, 1.165) is 11.8 Å². The van der Waals surface area contributed by atoms with Crippen molar-refractivity contribution in [3.63, 3.8) is 0 Å². The number of carbonyl (C=O) groups is 2. The first-order chi connectivity index (χ1) is 9.51. The van der Waals surface area contributed by atoms with E-state index < -0.39 is 41.0 Å². The molecule has 3 aliphatic rings. The normalized spacial score (nSPS) is 40.6. The van der Waals surface area contributed by atoms with Gasteiger partial charge in [0, 0.05) is 6.42 Å². The Labute approximate surface area is 118 Å². The van der Waals surface area contributed by atoms with Gasteiger partial charge in [-0.05, 0) is 11.8 Å². The fourth-order valence-corrected chi connectivity index (χ4v) is 3.56. The van der Waals surface area contributed by atoms with E-state index in [1.54, 1.807) is 0 Å². The van der Waals surface area contributed by atoms with E-state index in [-0.39, 0.29) is 19.0 Å². The third-order valence-electron chi connectivity index (χ3n) is 3.42. The molecule has 0 aromatic heterocycles. The van der Waals surface area contributed by atoms with Crippen LogP contribution >= 0.6 is 11.8 Å². The molecular formula is C10H14N4O5S. The molecule has 2 amide bonds. The second kappa shape index (κ2) is 4.88. The second-order valence-corrected chi connectivity index (χ2v) is 5.86. The zero-order valence-corrected chi connectivity index (χ0v) is 11.1. The number of guanidine groups is 1. The molecule has 3 rings (SSSR count). The number of amides is 2. The van der Waals surface area contributed by atoms with Crippen LogP contribution < -0.4 is 11.1 Å². The maximum Gasteiger partial charge on any atom is 0.286 e. The van der Waals surface area contributed by atoms with Crippen molar-refractivity contribution in [1.29, 1.82) is 0 Å². The summed E-state index contributed by atoms with van der Waals surface area (Å²) in [6, 6.07) is 0. The van der Waals surface area contributed by atoms with Gasteiger partial charge in [-0.2, -0.15) is 0 Å². The highest BCUT2D eigenvalue weighted by molar-refractivity contribution is 8.15. The highest BCUT2D eigenvalue weighted by Gasteiger charge is 2.53. The average Bonchev–Trinajstić information content (AvgIpc) is 2.89. The Morgan fingerprint density at radius 2 is 2.30 bits per heavy atom. The number of hydrogen-bond acceptors (Lipinski definition) is 8. The van der Waals surface area contributed by atoms with Crippen LogP contribution in [0.25, 0.3) is 0 Å². The van der Waals surface area contributed by atoms with E-state index in [1.807, 2.05) is 0 Å². The molecule has 5 N–H and O–H groups in total. The molecule has 10 heteroatoms. The molecule has 3 unspecified atom stereocenters. The third-order valence-corrected chi connectivity index (χ3v) is 4.54. The third kappa shape index (κ3) is 2.04. The lowest BCUT2D eigenvalue weighted by Gasteiger charge is -2.32. The maximum absolute atomic E-state index is 12.1. The summed E-state index contributed by atoms with van der Waals surface area (Å²) in [5.74, 6) is -0.461. The van der Waals surface area contributed by atoms with E-state index in [0.29, 0.717) is 0 Å². The number of nitrogens with two attached hydrogens (primary N) is 1. The van der Waals surface area contributed by atoms with Gasteiger partial charge in [-0.1, -0.05) is 0 Å². The van der Waals surface area contributed by atoms with Crippen molar-refractivity contribution in [2.75, 3.05) is 6.61 Å². The van der Waals surface area contributed by atoms with Crippen LogP contribution in [0.15, 0.2) is 4.99 Å². The molecule has 3 aliphatic heterocycles. The zero-order valence-electron chi connectivity index (χ0n) is 10.3. The zero-order chi connectivity index (χ0) is 14.4. The van der Waals surface area contributed by atoms with Gasteiger partial charge in [-0.15, -0.1) is 0 Å². The number of thioether (sulfide) groups is 1. The Balaban J connectivity index is 1.87. The fourth-order valence-electron chi connectivity index (χ4n) is 2.53. The van der Waals surface area contributed by atoms with Crippen molar-refractivity contribution in [1.82, 2.24) is 10.2 Å². The molecular weight excluding hydrogens is 288 g/mol. The van der Waals surface area contributed by atoms with E-state index in [9.17, 15) is 14.7 Å². The number of carbonyl (C=O) groups excluding carboxylic acids is 2. The first kappa shape index (κ1) is 13.6. The van der Waals surface area contributed by atoms with Crippen LogP contribution in [0.4, 0.5) is 4.79 Å². The van der Waals surface area contributed by atoms with E-state index in [2.05, 4.69) is 10.3 Å². The summed E-state index contributed by atoms with van der Waals surface area (Å²) in [4.78, 5) is 29.1. The van der Waals surface area contributed by atoms with Gasteiger partial charge in [-0.25, -0.2) is 4.99 Å². The summed E-state index contributed by atoms with van der Waals surface area (Å²) in [5.41, 5.74) is 5.50. The van der Waals surface area contributed by atoms with Crippen molar-refractivity contribution >= 4 is 28.9 Å². The molecule has 2 saturated heterocycles. The van der Waals surface area contributed by atoms with Crippen LogP contribution in [0.3, 0.4) is 0 Å². The molecule has 0 radical (unpaired) electrons. The molecule has 110 valence electrons. The summed E-state index contributed by atoms with van der Waals surface area (Å²) in [6.45, 7) is -0.247. The van der Waals surface area contributed by atoms with Crippen LogP contribution in [-0.4, -0.2) is 68.7 Å². The quantitative estimate of drug-likeness (QED) is 0.452. The van der Waals surface area contributed by atoms with Crippen LogP contribution in [-0.2, 0) is 9.53 Å². The minimum atomic E-state index is -0.933. The largest absolute Gasteiger partial charge is 0.394 e. The SMILES string of the molecule is NC1=NC2C(SC(=O)N2C2O[C@H](CO)C[C@H]2O)C(=O)N1. The smallest absolute Gasteiger partial charge is 0.286 e. The molecule has 0 saturated carbocycles. The van der Waals surface area contributed by atoms with E-state index in [4.69, 9.17) is 15.6 Å². The average molecular weight is 302 g/mol. The highest BCUT2D eigenvalue weighted by atomic mass is 32.2. The fraction of sp³-hybridized carbons (Fsp3) is 0.700. The Kier molecular flexibility index (Phi) is 3.32. The van der Waals surface area contributed by atoms with Gasteiger partial charge in [0.1, 0.15) is 11.4 Å². The van der Waals surface area contributed by atoms with Crippen molar-refractivity contribution in [2.45, 2.75) is 36.3 Å². The van der Waals surface area contributed by atoms with Crippen molar-refractivity contribution in [2.24, 2.45) is 10.7 Å².